The van der Waals surface area contributed by atoms with E-state index in [1.165, 1.54) is 17.5 Å². The maximum atomic E-state index is 12.3. The smallest absolute Gasteiger partial charge is 0.251 e. The quantitative estimate of drug-likeness (QED) is 0.902. The average Bonchev–Trinajstić information content (AvgIpc) is 2.59. The summed E-state index contributed by atoms with van der Waals surface area (Å²) in [5.74, 6) is 0.420. The van der Waals surface area contributed by atoms with Gasteiger partial charge < -0.3 is 11.1 Å². The first-order valence-corrected chi connectivity index (χ1v) is 7.93. The first-order valence-electron chi connectivity index (χ1n) is 7.93. The molecule has 1 aliphatic rings. The van der Waals surface area contributed by atoms with Gasteiger partial charge in [0.05, 0.1) is 0 Å². The van der Waals surface area contributed by atoms with Crippen LogP contribution in [-0.4, -0.2) is 12.5 Å². The molecular formula is C19H23ClN2O. The first kappa shape index (κ1) is 17.5. The van der Waals surface area contributed by atoms with Gasteiger partial charge in [0, 0.05) is 24.6 Å². The minimum atomic E-state index is -0.00775. The predicted octanol–water partition coefficient (Wildman–Crippen LogP) is 3.42. The molecule has 3 rings (SSSR count). The van der Waals surface area contributed by atoms with E-state index < -0.39 is 0 Å². The summed E-state index contributed by atoms with van der Waals surface area (Å²) in [7, 11) is 0. The van der Waals surface area contributed by atoms with Gasteiger partial charge >= 0.3 is 0 Å². The molecule has 0 spiro atoms. The molecule has 0 fully saturated rings. The van der Waals surface area contributed by atoms with E-state index in [1.807, 2.05) is 24.3 Å². The number of hydrogen-bond acceptors (Lipinski definition) is 2. The standard InChI is InChI=1S/C19H22N2O.ClH/c20-12-14-8-10-16(11-9-14)19(22)21-13-17-6-3-5-15-4-1-2-7-18(15)17;/h1-2,4,7-11,17H,3,5-6,12-13,20H2,(H,21,22);1H. The van der Waals surface area contributed by atoms with E-state index in [0.717, 1.165) is 18.4 Å². The molecule has 0 aliphatic heterocycles. The molecule has 122 valence electrons. The molecule has 0 aromatic heterocycles. The molecule has 0 saturated carbocycles. The second kappa shape index (κ2) is 8.14. The van der Waals surface area contributed by atoms with Gasteiger partial charge in [-0.05, 0) is 48.1 Å². The Balaban J connectivity index is 0.00000192. The van der Waals surface area contributed by atoms with Crippen molar-refractivity contribution in [2.24, 2.45) is 5.73 Å². The van der Waals surface area contributed by atoms with Gasteiger partial charge in [-0.2, -0.15) is 0 Å². The van der Waals surface area contributed by atoms with E-state index in [2.05, 4.69) is 29.6 Å². The fourth-order valence-electron chi connectivity index (χ4n) is 3.18. The van der Waals surface area contributed by atoms with Crippen molar-refractivity contribution in [3.8, 4) is 0 Å². The van der Waals surface area contributed by atoms with Crippen LogP contribution in [0.2, 0.25) is 0 Å². The Morgan fingerprint density at radius 2 is 1.87 bits per heavy atom. The maximum Gasteiger partial charge on any atom is 0.251 e. The molecule has 1 amide bonds. The highest BCUT2D eigenvalue weighted by molar-refractivity contribution is 5.94. The number of benzene rings is 2. The third-order valence-corrected chi connectivity index (χ3v) is 4.45. The Morgan fingerprint density at radius 1 is 1.13 bits per heavy atom. The number of carbonyl (C=O) groups excluding carboxylic acids is 1. The van der Waals surface area contributed by atoms with E-state index in [9.17, 15) is 4.79 Å². The van der Waals surface area contributed by atoms with Crippen LogP contribution in [0.5, 0.6) is 0 Å². The number of carbonyl (C=O) groups is 1. The van der Waals surface area contributed by atoms with Gasteiger partial charge in [0.1, 0.15) is 0 Å². The van der Waals surface area contributed by atoms with Gasteiger partial charge in [0.2, 0.25) is 0 Å². The molecule has 2 aromatic carbocycles. The molecular weight excluding hydrogens is 308 g/mol. The van der Waals surface area contributed by atoms with E-state index in [1.54, 1.807) is 0 Å². The summed E-state index contributed by atoms with van der Waals surface area (Å²) >= 11 is 0. The summed E-state index contributed by atoms with van der Waals surface area (Å²) in [5, 5.41) is 3.08. The molecule has 0 bridgehead atoms. The molecule has 23 heavy (non-hydrogen) atoms. The molecule has 1 atom stereocenters. The SMILES string of the molecule is Cl.NCc1ccc(C(=O)NCC2CCCc3ccccc32)cc1. The molecule has 1 aliphatic carbocycles. The van der Waals surface area contributed by atoms with Crippen LogP contribution >= 0.6 is 12.4 Å². The van der Waals surface area contributed by atoms with Crippen LogP contribution in [0.3, 0.4) is 0 Å². The molecule has 0 saturated heterocycles. The lowest BCUT2D eigenvalue weighted by Crippen LogP contribution is -2.29. The molecule has 0 radical (unpaired) electrons. The lowest BCUT2D eigenvalue weighted by molar-refractivity contribution is 0.0950. The molecule has 0 heterocycles. The maximum absolute atomic E-state index is 12.3. The van der Waals surface area contributed by atoms with E-state index in [0.29, 0.717) is 24.6 Å². The van der Waals surface area contributed by atoms with Gasteiger partial charge in [0.25, 0.3) is 5.91 Å². The van der Waals surface area contributed by atoms with Crippen LogP contribution < -0.4 is 11.1 Å². The zero-order valence-corrected chi connectivity index (χ0v) is 13.9. The van der Waals surface area contributed by atoms with Crippen molar-refractivity contribution in [2.45, 2.75) is 31.7 Å². The summed E-state index contributed by atoms with van der Waals surface area (Å²) in [6.45, 7) is 1.20. The van der Waals surface area contributed by atoms with Crippen molar-refractivity contribution < 1.29 is 4.79 Å². The number of fused-ring (bicyclic) bond motifs is 1. The Hall–Kier alpha value is -1.84. The fraction of sp³-hybridized carbons (Fsp3) is 0.316. The Bertz CT molecular complexity index is 655. The summed E-state index contributed by atoms with van der Waals surface area (Å²) in [6, 6.07) is 16.1. The third kappa shape index (κ3) is 4.12. The van der Waals surface area contributed by atoms with Gasteiger partial charge in [-0.1, -0.05) is 36.4 Å². The van der Waals surface area contributed by atoms with Crippen molar-refractivity contribution >= 4 is 18.3 Å². The van der Waals surface area contributed by atoms with Crippen LogP contribution in [0.15, 0.2) is 48.5 Å². The summed E-state index contributed by atoms with van der Waals surface area (Å²) < 4.78 is 0. The largest absolute Gasteiger partial charge is 0.351 e. The zero-order valence-electron chi connectivity index (χ0n) is 13.1. The number of nitrogens with two attached hydrogens (primary N) is 1. The summed E-state index contributed by atoms with van der Waals surface area (Å²) in [4.78, 5) is 12.3. The fourth-order valence-corrected chi connectivity index (χ4v) is 3.18. The number of nitrogens with one attached hydrogen (secondary N) is 1. The number of rotatable bonds is 4. The van der Waals surface area contributed by atoms with Crippen molar-refractivity contribution in [3.63, 3.8) is 0 Å². The second-order valence-electron chi connectivity index (χ2n) is 5.90. The third-order valence-electron chi connectivity index (χ3n) is 4.45. The van der Waals surface area contributed by atoms with Crippen LogP contribution in [0.25, 0.3) is 0 Å². The van der Waals surface area contributed by atoms with Crippen molar-refractivity contribution in [1.29, 1.82) is 0 Å². The normalized spacial score (nSPS) is 16.1. The summed E-state index contributed by atoms with van der Waals surface area (Å²) in [6.07, 6.45) is 3.49. The highest BCUT2D eigenvalue weighted by Crippen LogP contribution is 2.30. The monoisotopic (exact) mass is 330 g/mol. The van der Waals surface area contributed by atoms with Crippen LogP contribution in [0, 0.1) is 0 Å². The average molecular weight is 331 g/mol. The van der Waals surface area contributed by atoms with Gasteiger partial charge in [-0.25, -0.2) is 0 Å². The number of aryl methyl sites for hydroxylation is 1. The lowest BCUT2D eigenvalue weighted by atomic mass is 9.83. The lowest BCUT2D eigenvalue weighted by Gasteiger charge is -2.25. The van der Waals surface area contributed by atoms with Crippen LogP contribution in [0.4, 0.5) is 0 Å². The zero-order chi connectivity index (χ0) is 15.4. The molecule has 1 unspecified atom stereocenters. The van der Waals surface area contributed by atoms with Gasteiger partial charge in [0.15, 0.2) is 0 Å². The number of halogens is 1. The van der Waals surface area contributed by atoms with Crippen LogP contribution in [-0.2, 0) is 13.0 Å². The summed E-state index contributed by atoms with van der Waals surface area (Å²) in [5.41, 5.74) is 10.1. The molecule has 3 nitrogen and oxygen atoms in total. The Morgan fingerprint density at radius 3 is 2.61 bits per heavy atom. The highest BCUT2D eigenvalue weighted by atomic mass is 35.5. The molecule has 4 heteroatoms. The Kier molecular flexibility index (Phi) is 6.20. The van der Waals surface area contributed by atoms with Crippen LogP contribution in [0.1, 0.15) is 45.8 Å². The molecule has 2 aromatic rings. The number of amides is 1. The van der Waals surface area contributed by atoms with Crippen molar-refractivity contribution in [3.05, 3.63) is 70.8 Å². The van der Waals surface area contributed by atoms with Gasteiger partial charge in [-0.3, -0.25) is 4.79 Å². The topological polar surface area (TPSA) is 55.1 Å². The second-order valence-corrected chi connectivity index (χ2v) is 5.90. The minimum Gasteiger partial charge on any atom is -0.351 e. The van der Waals surface area contributed by atoms with Crippen molar-refractivity contribution in [2.75, 3.05) is 6.54 Å². The van der Waals surface area contributed by atoms with Crippen molar-refractivity contribution in [1.82, 2.24) is 5.32 Å². The van der Waals surface area contributed by atoms with E-state index in [-0.39, 0.29) is 18.3 Å². The molecule has 3 N–H and O–H groups in total. The minimum absolute atomic E-state index is 0. The number of hydrogen-bond donors (Lipinski definition) is 2. The highest BCUT2D eigenvalue weighted by Gasteiger charge is 2.20. The van der Waals surface area contributed by atoms with Gasteiger partial charge in [-0.15, -0.1) is 12.4 Å². The van der Waals surface area contributed by atoms with E-state index >= 15 is 0 Å². The van der Waals surface area contributed by atoms with E-state index in [4.69, 9.17) is 5.73 Å². The Labute approximate surface area is 143 Å². The predicted molar refractivity (Wildman–Crippen MR) is 96.0 cm³/mol. The first-order chi connectivity index (χ1) is 10.8.